The van der Waals surface area contributed by atoms with Crippen LogP contribution in [0.3, 0.4) is 0 Å². The van der Waals surface area contributed by atoms with Crippen LogP contribution in [0.25, 0.3) is 0 Å². The van der Waals surface area contributed by atoms with E-state index in [0.29, 0.717) is 32.2 Å². The van der Waals surface area contributed by atoms with Crippen molar-refractivity contribution in [3.63, 3.8) is 0 Å². The molecule has 0 aromatic carbocycles. The number of hydrogen-bond acceptors (Lipinski definition) is 7. The number of aromatic nitrogens is 2. The Hall–Kier alpha value is -2.71. The van der Waals surface area contributed by atoms with Crippen LogP contribution < -0.4 is 9.64 Å². The Morgan fingerprint density at radius 3 is 2.48 bits per heavy atom. The van der Waals surface area contributed by atoms with Crippen LogP contribution in [0, 0.1) is 0 Å². The molecule has 2 aromatic rings. The lowest BCUT2D eigenvalue weighted by Crippen LogP contribution is -2.53. The number of carbonyl (C=O) groups is 1. The summed E-state index contributed by atoms with van der Waals surface area (Å²) in [4.78, 5) is 28.5. The highest BCUT2D eigenvalue weighted by atomic mass is 16.5. The van der Waals surface area contributed by atoms with Gasteiger partial charge in [-0.1, -0.05) is 6.07 Å². The van der Waals surface area contributed by atoms with Crippen LogP contribution in [0.5, 0.6) is 5.88 Å². The van der Waals surface area contributed by atoms with Crippen LogP contribution in [0.2, 0.25) is 0 Å². The molecule has 0 bridgehead atoms. The van der Waals surface area contributed by atoms with Gasteiger partial charge in [0.1, 0.15) is 6.04 Å². The summed E-state index contributed by atoms with van der Waals surface area (Å²) in [6, 6.07) is 7.45. The Kier molecular flexibility index (Phi) is 6.21. The van der Waals surface area contributed by atoms with Gasteiger partial charge in [-0.3, -0.25) is 14.7 Å². The molecule has 0 N–H and O–H groups in total. The second-order valence-corrected chi connectivity index (χ2v) is 7.21. The number of hydrogen-bond donors (Lipinski definition) is 0. The Morgan fingerprint density at radius 1 is 1.07 bits per heavy atom. The molecule has 0 saturated carbocycles. The average molecular weight is 397 g/mol. The first-order valence-electron chi connectivity index (χ1n) is 10.0. The molecule has 0 aliphatic carbocycles. The topological polar surface area (TPSA) is 71.0 Å². The predicted molar refractivity (Wildman–Crippen MR) is 109 cm³/mol. The number of nitrogens with zero attached hydrogens (tertiary/aromatic N) is 5. The Labute approximate surface area is 171 Å². The Morgan fingerprint density at radius 2 is 1.86 bits per heavy atom. The summed E-state index contributed by atoms with van der Waals surface area (Å²) >= 11 is 0. The third-order valence-corrected chi connectivity index (χ3v) is 5.53. The molecule has 4 rings (SSSR count). The van der Waals surface area contributed by atoms with Gasteiger partial charge in [-0.2, -0.15) is 0 Å². The highest BCUT2D eigenvalue weighted by molar-refractivity contribution is 5.83. The van der Waals surface area contributed by atoms with Crippen molar-refractivity contribution in [2.45, 2.75) is 6.04 Å². The van der Waals surface area contributed by atoms with Crippen molar-refractivity contribution in [2.24, 2.45) is 0 Å². The number of anilines is 1. The van der Waals surface area contributed by atoms with Gasteiger partial charge >= 0.3 is 0 Å². The van der Waals surface area contributed by atoms with Gasteiger partial charge in [0.2, 0.25) is 11.8 Å². The molecule has 29 heavy (non-hydrogen) atoms. The fourth-order valence-corrected chi connectivity index (χ4v) is 3.92. The van der Waals surface area contributed by atoms with E-state index >= 15 is 0 Å². The molecule has 2 aliphatic rings. The van der Waals surface area contributed by atoms with Crippen LogP contribution in [0.4, 0.5) is 5.69 Å². The first-order chi connectivity index (χ1) is 14.3. The van der Waals surface area contributed by atoms with Crippen molar-refractivity contribution in [1.29, 1.82) is 0 Å². The average Bonchev–Trinajstić information content (AvgIpc) is 2.81. The molecular formula is C21H27N5O3. The van der Waals surface area contributed by atoms with E-state index in [1.807, 2.05) is 35.4 Å². The highest BCUT2D eigenvalue weighted by Crippen LogP contribution is 2.25. The van der Waals surface area contributed by atoms with Gasteiger partial charge < -0.3 is 19.3 Å². The molecule has 1 amide bonds. The number of carbonyl (C=O) groups excluding carboxylic acids is 1. The maximum absolute atomic E-state index is 13.5. The van der Waals surface area contributed by atoms with Gasteiger partial charge in [0.25, 0.3) is 0 Å². The molecule has 8 heteroatoms. The van der Waals surface area contributed by atoms with Gasteiger partial charge in [-0.25, -0.2) is 4.98 Å². The van der Waals surface area contributed by atoms with Crippen LogP contribution >= 0.6 is 0 Å². The van der Waals surface area contributed by atoms with E-state index in [9.17, 15) is 4.79 Å². The molecule has 2 aliphatic heterocycles. The third-order valence-electron chi connectivity index (χ3n) is 5.53. The molecular weight excluding hydrogens is 370 g/mol. The zero-order valence-corrected chi connectivity index (χ0v) is 16.7. The zero-order valence-electron chi connectivity index (χ0n) is 16.7. The first-order valence-corrected chi connectivity index (χ1v) is 10.0. The van der Waals surface area contributed by atoms with E-state index in [0.717, 1.165) is 37.4 Å². The van der Waals surface area contributed by atoms with Crippen LogP contribution in [0.15, 0.2) is 42.9 Å². The summed E-state index contributed by atoms with van der Waals surface area (Å²) < 4.78 is 10.6. The summed E-state index contributed by atoms with van der Waals surface area (Å²) in [7, 11) is 1.61. The lowest BCUT2D eigenvalue weighted by Gasteiger charge is -2.40. The standard InChI is InChI=1S/C21H27N5O3/c1-28-19-5-4-18(16-23-19)24-7-9-26(10-8-24)21(27)20(17-3-2-6-22-15-17)25-11-13-29-14-12-25/h2-6,15-16,20H,7-14H2,1H3. The number of rotatable bonds is 5. The number of amides is 1. The van der Waals surface area contributed by atoms with Gasteiger partial charge in [0.15, 0.2) is 0 Å². The first kappa shape index (κ1) is 19.6. The van der Waals surface area contributed by atoms with Crippen molar-refractivity contribution in [3.05, 3.63) is 48.4 Å². The normalized spacial score (nSPS) is 19.1. The lowest BCUT2D eigenvalue weighted by molar-refractivity contribution is -0.139. The summed E-state index contributed by atoms with van der Waals surface area (Å²) in [6.45, 7) is 5.75. The fraction of sp³-hybridized carbons (Fsp3) is 0.476. The minimum absolute atomic E-state index is 0.146. The van der Waals surface area contributed by atoms with Crippen molar-refractivity contribution in [1.82, 2.24) is 19.8 Å². The fourth-order valence-electron chi connectivity index (χ4n) is 3.92. The highest BCUT2D eigenvalue weighted by Gasteiger charge is 2.34. The van der Waals surface area contributed by atoms with E-state index in [4.69, 9.17) is 9.47 Å². The van der Waals surface area contributed by atoms with Gasteiger partial charge in [-0.15, -0.1) is 0 Å². The van der Waals surface area contributed by atoms with Crippen molar-refractivity contribution in [3.8, 4) is 5.88 Å². The summed E-state index contributed by atoms with van der Waals surface area (Å²) in [5.41, 5.74) is 2.00. The second-order valence-electron chi connectivity index (χ2n) is 7.21. The smallest absolute Gasteiger partial charge is 0.244 e. The molecule has 0 radical (unpaired) electrons. The number of piperazine rings is 1. The van der Waals surface area contributed by atoms with E-state index in [1.165, 1.54) is 0 Å². The van der Waals surface area contributed by atoms with Gasteiger partial charge in [-0.05, 0) is 17.7 Å². The summed E-state index contributed by atoms with van der Waals surface area (Å²) in [5, 5.41) is 0. The monoisotopic (exact) mass is 397 g/mol. The molecule has 2 fully saturated rings. The van der Waals surface area contributed by atoms with Crippen LogP contribution in [0.1, 0.15) is 11.6 Å². The van der Waals surface area contributed by atoms with E-state index in [1.54, 1.807) is 19.5 Å². The number of methoxy groups -OCH3 is 1. The summed E-state index contributed by atoms with van der Waals surface area (Å²) in [6.07, 6.45) is 5.37. The van der Waals surface area contributed by atoms with Crippen LogP contribution in [-0.4, -0.2) is 85.3 Å². The van der Waals surface area contributed by atoms with Gasteiger partial charge in [0, 0.05) is 57.7 Å². The summed E-state index contributed by atoms with van der Waals surface area (Å²) in [5.74, 6) is 0.750. The third kappa shape index (κ3) is 4.49. The van der Waals surface area contributed by atoms with Crippen LogP contribution in [-0.2, 0) is 9.53 Å². The number of ether oxygens (including phenoxy) is 2. The largest absolute Gasteiger partial charge is 0.481 e. The molecule has 1 atom stereocenters. The number of pyridine rings is 2. The lowest BCUT2D eigenvalue weighted by atomic mass is 10.0. The molecule has 8 nitrogen and oxygen atoms in total. The number of morpholine rings is 1. The van der Waals surface area contributed by atoms with E-state index in [-0.39, 0.29) is 11.9 Å². The second kappa shape index (κ2) is 9.19. The minimum Gasteiger partial charge on any atom is -0.481 e. The zero-order chi connectivity index (χ0) is 20.1. The predicted octanol–water partition coefficient (Wildman–Crippen LogP) is 1.21. The van der Waals surface area contributed by atoms with E-state index < -0.39 is 0 Å². The molecule has 2 saturated heterocycles. The molecule has 2 aromatic heterocycles. The molecule has 4 heterocycles. The quantitative estimate of drug-likeness (QED) is 0.751. The Bertz CT molecular complexity index is 788. The Balaban J connectivity index is 1.44. The van der Waals surface area contributed by atoms with Crippen molar-refractivity contribution in [2.75, 3.05) is 64.5 Å². The maximum atomic E-state index is 13.5. The molecule has 0 spiro atoms. The van der Waals surface area contributed by atoms with Crippen molar-refractivity contribution < 1.29 is 14.3 Å². The van der Waals surface area contributed by atoms with Crippen molar-refractivity contribution >= 4 is 11.6 Å². The van der Waals surface area contributed by atoms with E-state index in [2.05, 4.69) is 19.8 Å². The molecule has 154 valence electrons. The molecule has 1 unspecified atom stereocenters. The minimum atomic E-state index is -0.304. The SMILES string of the molecule is COc1ccc(N2CCN(C(=O)C(c3cccnc3)N3CCOCC3)CC2)cn1. The van der Waals surface area contributed by atoms with Gasteiger partial charge in [0.05, 0.1) is 32.2 Å². The maximum Gasteiger partial charge on any atom is 0.244 e.